The number of halogens is 2. The Hall–Kier alpha value is -3.22. The molecule has 1 N–H and O–H groups in total. The summed E-state index contributed by atoms with van der Waals surface area (Å²) in [6.07, 6.45) is 1.78. The third kappa shape index (κ3) is 5.29. The standard InChI is InChI=1S/C23H19Cl2N3O3/c1-15-4-2-7-19(25)22(15)30-14-18-8-9-20(31-18)23(29)26-21-10-11-28(27-21)13-16-5-3-6-17(24)12-16/h2-12H,13-14H2,1H3,(H,26,27,29). The fourth-order valence-electron chi connectivity index (χ4n) is 3.04. The van der Waals surface area contributed by atoms with Gasteiger partial charge in [0.15, 0.2) is 11.6 Å². The number of aryl methyl sites for hydroxylation is 1. The zero-order chi connectivity index (χ0) is 21.8. The van der Waals surface area contributed by atoms with E-state index >= 15 is 0 Å². The Bertz CT molecular complexity index is 1200. The van der Waals surface area contributed by atoms with Crippen molar-refractivity contribution in [2.75, 3.05) is 5.32 Å². The highest BCUT2D eigenvalue weighted by molar-refractivity contribution is 6.32. The van der Waals surface area contributed by atoms with Crippen LogP contribution in [0.25, 0.3) is 0 Å². The van der Waals surface area contributed by atoms with Crippen molar-refractivity contribution in [3.8, 4) is 5.75 Å². The number of rotatable bonds is 7. The van der Waals surface area contributed by atoms with E-state index in [-0.39, 0.29) is 12.4 Å². The number of amides is 1. The molecule has 158 valence electrons. The number of ether oxygens (including phenoxy) is 1. The minimum absolute atomic E-state index is 0.159. The molecule has 0 saturated carbocycles. The minimum Gasteiger partial charge on any atom is -0.484 e. The Morgan fingerprint density at radius 3 is 2.77 bits per heavy atom. The van der Waals surface area contributed by atoms with Gasteiger partial charge in [-0.25, -0.2) is 0 Å². The molecule has 1 amide bonds. The number of carbonyl (C=O) groups excluding carboxylic acids is 1. The van der Waals surface area contributed by atoms with Gasteiger partial charge in [0.05, 0.1) is 11.6 Å². The first-order valence-electron chi connectivity index (χ1n) is 9.54. The number of aromatic nitrogens is 2. The largest absolute Gasteiger partial charge is 0.484 e. The maximum absolute atomic E-state index is 12.5. The number of carbonyl (C=O) groups is 1. The lowest BCUT2D eigenvalue weighted by Gasteiger charge is -2.09. The van der Waals surface area contributed by atoms with Gasteiger partial charge in [-0.05, 0) is 48.4 Å². The molecule has 4 aromatic rings. The SMILES string of the molecule is Cc1cccc(Cl)c1OCc1ccc(C(=O)Nc2ccn(Cc3cccc(Cl)c3)n2)o1. The molecule has 0 aliphatic carbocycles. The van der Waals surface area contributed by atoms with Crippen LogP contribution < -0.4 is 10.1 Å². The van der Waals surface area contributed by atoms with Crippen LogP contribution in [0.2, 0.25) is 10.0 Å². The van der Waals surface area contributed by atoms with E-state index in [9.17, 15) is 4.79 Å². The fraction of sp³-hybridized carbons (Fsp3) is 0.130. The summed E-state index contributed by atoms with van der Waals surface area (Å²) in [5.41, 5.74) is 1.93. The zero-order valence-electron chi connectivity index (χ0n) is 16.6. The number of benzene rings is 2. The number of para-hydroxylation sites is 1. The van der Waals surface area contributed by atoms with Crippen LogP contribution in [-0.4, -0.2) is 15.7 Å². The topological polar surface area (TPSA) is 69.3 Å². The van der Waals surface area contributed by atoms with E-state index in [2.05, 4.69) is 10.4 Å². The second-order valence-electron chi connectivity index (χ2n) is 6.92. The van der Waals surface area contributed by atoms with E-state index < -0.39 is 5.91 Å². The molecule has 0 atom stereocenters. The predicted octanol–water partition coefficient (Wildman–Crippen LogP) is 5.97. The van der Waals surface area contributed by atoms with Crippen molar-refractivity contribution in [2.45, 2.75) is 20.1 Å². The summed E-state index contributed by atoms with van der Waals surface area (Å²) in [5.74, 6) is 1.30. The molecule has 0 spiro atoms. The first-order valence-corrected chi connectivity index (χ1v) is 10.3. The molecule has 0 radical (unpaired) electrons. The molecular weight excluding hydrogens is 437 g/mol. The molecule has 31 heavy (non-hydrogen) atoms. The summed E-state index contributed by atoms with van der Waals surface area (Å²) in [7, 11) is 0. The van der Waals surface area contributed by atoms with Gasteiger partial charge in [-0.3, -0.25) is 9.48 Å². The lowest BCUT2D eigenvalue weighted by Crippen LogP contribution is -2.12. The van der Waals surface area contributed by atoms with E-state index in [4.69, 9.17) is 32.4 Å². The van der Waals surface area contributed by atoms with Gasteiger partial charge in [-0.1, -0.05) is 47.5 Å². The fourth-order valence-corrected chi connectivity index (χ4v) is 3.53. The Balaban J connectivity index is 1.35. The highest BCUT2D eigenvalue weighted by Gasteiger charge is 2.14. The van der Waals surface area contributed by atoms with Gasteiger partial charge in [-0.15, -0.1) is 0 Å². The molecule has 0 unspecified atom stereocenters. The molecule has 4 rings (SSSR count). The Morgan fingerprint density at radius 2 is 1.97 bits per heavy atom. The van der Waals surface area contributed by atoms with Gasteiger partial charge in [0.1, 0.15) is 18.1 Å². The first kappa shape index (κ1) is 21.0. The van der Waals surface area contributed by atoms with Crippen LogP contribution >= 0.6 is 23.2 Å². The lowest BCUT2D eigenvalue weighted by molar-refractivity contribution is 0.0992. The first-order chi connectivity index (χ1) is 15.0. The van der Waals surface area contributed by atoms with Gasteiger partial charge < -0.3 is 14.5 Å². The molecule has 2 aromatic heterocycles. The lowest BCUT2D eigenvalue weighted by atomic mass is 10.2. The van der Waals surface area contributed by atoms with E-state index in [1.165, 1.54) is 0 Å². The van der Waals surface area contributed by atoms with Crippen molar-refractivity contribution in [1.29, 1.82) is 0 Å². The van der Waals surface area contributed by atoms with Crippen molar-refractivity contribution in [3.63, 3.8) is 0 Å². The van der Waals surface area contributed by atoms with Gasteiger partial charge in [-0.2, -0.15) is 5.10 Å². The van der Waals surface area contributed by atoms with E-state index in [0.29, 0.717) is 33.9 Å². The summed E-state index contributed by atoms with van der Waals surface area (Å²) in [6.45, 7) is 2.61. The molecular formula is C23H19Cl2N3O3. The van der Waals surface area contributed by atoms with Crippen LogP contribution in [0, 0.1) is 6.92 Å². The van der Waals surface area contributed by atoms with E-state index in [1.54, 1.807) is 35.1 Å². The van der Waals surface area contributed by atoms with Crippen LogP contribution in [0.3, 0.4) is 0 Å². The van der Waals surface area contributed by atoms with Crippen molar-refractivity contribution in [2.24, 2.45) is 0 Å². The normalized spacial score (nSPS) is 10.8. The highest BCUT2D eigenvalue weighted by atomic mass is 35.5. The molecule has 0 aliphatic rings. The molecule has 0 aliphatic heterocycles. The van der Waals surface area contributed by atoms with Gasteiger partial charge in [0.2, 0.25) is 0 Å². The maximum Gasteiger partial charge on any atom is 0.292 e. The molecule has 8 heteroatoms. The maximum atomic E-state index is 12.5. The second-order valence-corrected chi connectivity index (χ2v) is 7.77. The molecule has 0 fully saturated rings. The molecule has 6 nitrogen and oxygen atoms in total. The Labute approximate surface area is 189 Å². The average molecular weight is 456 g/mol. The van der Waals surface area contributed by atoms with Crippen LogP contribution in [-0.2, 0) is 13.2 Å². The summed E-state index contributed by atoms with van der Waals surface area (Å²) in [4.78, 5) is 12.5. The number of hydrogen-bond acceptors (Lipinski definition) is 4. The van der Waals surface area contributed by atoms with E-state index in [1.807, 2.05) is 43.3 Å². The predicted molar refractivity (Wildman–Crippen MR) is 120 cm³/mol. The van der Waals surface area contributed by atoms with Crippen molar-refractivity contribution < 1.29 is 13.9 Å². The van der Waals surface area contributed by atoms with Crippen molar-refractivity contribution in [3.05, 3.63) is 99.6 Å². The summed E-state index contributed by atoms with van der Waals surface area (Å²) in [6, 6.07) is 18.1. The van der Waals surface area contributed by atoms with Crippen LogP contribution in [0.5, 0.6) is 5.75 Å². The zero-order valence-corrected chi connectivity index (χ0v) is 18.2. The number of nitrogens with one attached hydrogen (secondary N) is 1. The van der Waals surface area contributed by atoms with Gasteiger partial charge >= 0.3 is 0 Å². The number of furan rings is 1. The van der Waals surface area contributed by atoms with Crippen LogP contribution in [0.15, 0.2) is 71.3 Å². The Morgan fingerprint density at radius 1 is 1.13 bits per heavy atom. The average Bonchev–Trinajstić information content (AvgIpc) is 3.37. The quantitative estimate of drug-likeness (QED) is 0.372. The van der Waals surface area contributed by atoms with E-state index in [0.717, 1.165) is 11.1 Å². The summed E-state index contributed by atoms with van der Waals surface area (Å²) < 4.78 is 13.1. The number of hydrogen-bond donors (Lipinski definition) is 1. The second kappa shape index (κ2) is 9.29. The monoisotopic (exact) mass is 455 g/mol. The molecule has 2 aromatic carbocycles. The number of nitrogens with zero attached hydrogens (tertiary/aromatic N) is 2. The minimum atomic E-state index is -0.395. The molecule has 0 saturated heterocycles. The third-order valence-electron chi connectivity index (χ3n) is 4.52. The van der Waals surface area contributed by atoms with Gasteiger partial charge in [0.25, 0.3) is 5.91 Å². The van der Waals surface area contributed by atoms with Gasteiger partial charge in [0, 0.05) is 17.3 Å². The van der Waals surface area contributed by atoms with Crippen molar-refractivity contribution >= 4 is 34.9 Å². The smallest absolute Gasteiger partial charge is 0.292 e. The van der Waals surface area contributed by atoms with Crippen LogP contribution in [0.4, 0.5) is 5.82 Å². The molecule has 2 heterocycles. The summed E-state index contributed by atoms with van der Waals surface area (Å²) >= 11 is 12.2. The summed E-state index contributed by atoms with van der Waals surface area (Å²) in [5, 5.41) is 8.28. The van der Waals surface area contributed by atoms with Crippen LogP contribution in [0.1, 0.15) is 27.4 Å². The molecule has 0 bridgehead atoms. The highest BCUT2D eigenvalue weighted by Crippen LogP contribution is 2.28. The number of anilines is 1. The third-order valence-corrected chi connectivity index (χ3v) is 5.06. The van der Waals surface area contributed by atoms with Crippen molar-refractivity contribution in [1.82, 2.24) is 9.78 Å². The Kier molecular flexibility index (Phi) is 6.30.